The third kappa shape index (κ3) is 2.00. The monoisotopic (exact) mass is 270 g/mol. The van der Waals surface area contributed by atoms with Gasteiger partial charge < -0.3 is 10.2 Å². The quantitative estimate of drug-likeness (QED) is 0.880. The number of urea groups is 1. The molecule has 1 aliphatic heterocycles. The smallest absolute Gasteiger partial charge is 0.317 e. The molecular formula is C17H22N2O. The summed E-state index contributed by atoms with van der Waals surface area (Å²) in [5, 5.41) is 3.07. The van der Waals surface area contributed by atoms with E-state index in [0.717, 1.165) is 36.8 Å². The summed E-state index contributed by atoms with van der Waals surface area (Å²) in [4.78, 5) is 14.4. The summed E-state index contributed by atoms with van der Waals surface area (Å²) >= 11 is 0. The van der Waals surface area contributed by atoms with E-state index >= 15 is 0 Å². The summed E-state index contributed by atoms with van der Waals surface area (Å²) in [6.45, 7) is 2.62. The minimum absolute atomic E-state index is 0.127. The van der Waals surface area contributed by atoms with Gasteiger partial charge in [0.15, 0.2) is 0 Å². The van der Waals surface area contributed by atoms with Crippen molar-refractivity contribution in [2.75, 3.05) is 13.1 Å². The number of carbonyl (C=O) groups is 1. The SMILES string of the molecule is O=C(NCc1ccccc1)N1CC2C3CCC(C3)C2C1. The molecule has 0 aromatic heterocycles. The molecule has 1 heterocycles. The molecule has 2 bridgehead atoms. The molecule has 0 spiro atoms. The first-order valence-corrected chi connectivity index (χ1v) is 7.88. The van der Waals surface area contributed by atoms with Crippen LogP contribution in [0.25, 0.3) is 0 Å². The second kappa shape index (κ2) is 4.80. The number of hydrogen-bond acceptors (Lipinski definition) is 1. The number of rotatable bonds is 2. The zero-order chi connectivity index (χ0) is 13.5. The molecule has 1 saturated heterocycles. The number of benzene rings is 1. The van der Waals surface area contributed by atoms with Gasteiger partial charge in [-0.05, 0) is 48.5 Å². The summed E-state index contributed by atoms with van der Waals surface area (Å²) in [6.07, 6.45) is 4.26. The number of carbonyl (C=O) groups excluding carboxylic acids is 1. The minimum Gasteiger partial charge on any atom is -0.334 e. The highest BCUT2D eigenvalue weighted by atomic mass is 16.2. The zero-order valence-electron chi connectivity index (χ0n) is 11.8. The van der Waals surface area contributed by atoms with Crippen molar-refractivity contribution in [2.45, 2.75) is 25.8 Å². The van der Waals surface area contributed by atoms with E-state index < -0.39 is 0 Å². The molecule has 4 unspecified atom stereocenters. The van der Waals surface area contributed by atoms with E-state index in [-0.39, 0.29) is 6.03 Å². The molecular weight excluding hydrogens is 248 g/mol. The molecule has 1 aromatic carbocycles. The average molecular weight is 270 g/mol. The van der Waals surface area contributed by atoms with Crippen LogP contribution in [0.2, 0.25) is 0 Å². The van der Waals surface area contributed by atoms with Crippen LogP contribution < -0.4 is 5.32 Å². The maximum atomic E-state index is 12.3. The first-order valence-electron chi connectivity index (χ1n) is 7.88. The van der Waals surface area contributed by atoms with Crippen LogP contribution in [0.5, 0.6) is 0 Å². The lowest BCUT2D eigenvalue weighted by Gasteiger charge is -2.22. The van der Waals surface area contributed by atoms with Crippen LogP contribution in [0, 0.1) is 23.7 Å². The number of likely N-dealkylation sites (tertiary alicyclic amines) is 1. The van der Waals surface area contributed by atoms with Gasteiger partial charge in [-0.25, -0.2) is 4.79 Å². The van der Waals surface area contributed by atoms with Crippen LogP contribution >= 0.6 is 0 Å². The molecule has 2 aliphatic carbocycles. The van der Waals surface area contributed by atoms with Gasteiger partial charge in [0.2, 0.25) is 0 Å². The van der Waals surface area contributed by atoms with Crippen LogP contribution in [-0.2, 0) is 6.54 Å². The number of nitrogens with one attached hydrogen (secondary N) is 1. The molecule has 0 radical (unpaired) electrons. The fraction of sp³-hybridized carbons (Fsp3) is 0.588. The van der Waals surface area contributed by atoms with E-state index in [4.69, 9.17) is 0 Å². The summed E-state index contributed by atoms with van der Waals surface area (Å²) in [7, 11) is 0. The number of fused-ring (bicyclic) bond motifs is 5. The maximum Gasteiger partial charge on any atom is 0.317 e. The predicted octanol–water partition coefficient (Wildman–Crippen LogP) is 2.87. The molecule has 106 valence electrons. The van der Waals surface area contributed by atoms with Gasteiger partial charge in [-0.15, -0.1) is 0 Å². The van der Waals surface area contributed by atoms with Gasteiger partial charge in [-0.3, -0.25) is 0 Å². The van der Waals surface area contributed by atoms with E-state index in [0.29, 0.717) is 6.54 Å². The van der Waals surface area contributed by atoms with Gasteiger partial charge in [-0.2, -0.15) is 0 Å². The lowest BCUT2D eigenvalue weighted by atomic mass is 9.82. The van der Waals surface area contributed by atoms with Crippen LogP contribution in [0.4, 0.5) is 4.79 Å². The van der Waals surface area contributed by atoms with E-state index in [1.807, 2.05) is 18.2 Å². The lowest BCUT2D eigenvalue weighted by Crippen LogP contribution is -2.38. The Balaban J connectivity index is 1.34. The van der Waals surface area contributed by atoms with Gasteiger partial charge in [0.25, 0.3) is 0 Å². The molecule has 3 fully saturated rings. The fourth-order valence-electron chi connectivity index (χ4n) is 4.73. The lowest BCUT2D eigenvalue weighted by molar-refractivity contribution is 0.202. The summed E-state index contributed by atoms with van der Waals surface area (Å²) in [5.41, 5.74) is 1.17. The van der Waals surface area contributed by atoms with Crippen molar-refractivity contribution in [3.8, 4) is 0 Å². The van der Waals surface area contributed by atoms with Crippen molar-refractivity contribution in [2.24, 2.45) is 23.7 Å². The van der Waals surface area contributed by atoms with Gasteiger partial charge in [0.05, 0.1) is 0 Å². The van der Waals surface area contributed by atoms with Crippen LogP contribution in [0.1, 0.15) is 24.8 Å². The van der Waals surface area contributed by atoms with Crippen molar-refractivity contribution in [3.63, 3.8) is 0 Å². The minimum atomic E-state index is 0.127. The third-order valence-electron chi connectivity index (χ3n) is 5.71. The Hall–Kier alpha value is -1.51. The van der Waals surface area contributed by atoms with Gasteiger partial charge in [0, 0.05) is 19.6 Å². The van der Waals surface area contributed by atoms with Gasteiger partial charge >= 0.3 is 6.03 Å². The van der Waals surface area contributed by atoms with E-state index in [1.165, 1.54) is 24.8 Å². The van der Waals surface area contributed by atoms with Crippen LogP contribution in [0.3, 0.4) is 0 Å². The highest BCUT2D eigenvalue weighted by Gasteiger charge is 2.52. The molecule has 3 aliphatic rings. The van der Waals surface area contributed by atoms with E-state index in [2.05, 4.69) is 22.3 Å². The highest BCUT2D eigenvalue weighted by molar-refractivity contribution is 5.74. The molecule has 3 nitrogen and oxygen atoms in total. The highest BCUT2D eigenvalue weighted by Crippen LogP contribution is 2.55. The normalized spacial score (nSPS) is 34.3. The number of nitrogens with zero attached hydrogens (tertiary/aromatic N) is 1. The molecule has 3 heteroatoms. The van der Waals surface area contributed by atoms with Gasteiger partial charge in [-0.1, -0.05) is 30.3 Å². The van der Waals surface area contributed by atoms with Crippen molar-refractivity contribution in [1.29, 1.82) is 0 Å². The molecule has 2 amide bonds. The molecule has 4 rings (SSSR count). The fourth-order valence-corrected chi connectivity index (χ4v) is 4.73. The van der Waals surface area contributed by atoms with Crippen LogP contribution in [0.15, 0.2) is 30.3 Å². The number of hydrogen-bond donors (Lipinski definition) is 1. The van der Waals surface area contributed by atoms with Gasteiger partial charge in [0.1, 0.15) is 0 Å². The standard InChI is InChI=1S/C17H22N2O/c20-17(18-9-12-4-2-1-3-5-12)19-10-15-13-6-7-14(8-13)16(15)11-19/h1-5,13-16H,6-11H2,(H,18,20). The third-order valence-corrected chi connectivity index (χ3v) is 5.71. The molecule has 4 atom stereocenters. The van der Waals surface area contributed by atoms with E-state index in [1.54, 1.807) is 0 Å². The second-order valence-electron chi connectivity index (χ2n) is 6.71. The maximum absolute atomic E-state index is 12.3. The molecule has 2 saturated carbocycles. The average Bonchev–Trinajstić information content (AvgIpc) is 3.17. The van der Waals surface area contributed by atoms with Crippen molar-refractivity contribution >= 4 is 6.03 Å². The Morgan fingerprint density at radius 2 is 1.75 bits per heavy atom. The Morgan fingerprint density at radius 3 is 2.40 bits per heavy atom. The second-order valence-corrected chi connectivity index (χ2v) is 6.71. The molecule has 1 aromatic rings. The Bertz CT molecular complexity index is 483. The summed E-state index contributed by atoms with van der Waals surface area (Å²) in [5.74, 6) is 3.43. The topological polar surface area (TPSA) is 32.3 Å². The van der Waals surface area contributed by atoms with Crippen molar-refractivity contribution in [1.82, 2.24) is 10.2 Å². The Labute approximate surface area is 120 Å². The Kier molecular flexibility index (Phi) is 2.94. The zero-order valence-corrected chi connectivity index (χ0v) is 11.8. The largest absolute Gasteiger partial charge is 0.334 e. The van der Waals surface area contributed by atoms with Crippen molar-refractivity contribution in [3.05, 3.63) is 35.9 Å². The summed E-state index contributed by atoms with van der Waals surface area (Å²) < 4.78 is 0. The number of amides is 2. The van der Waals surface area contributed by atoms with Crippen LogP contribution in [-0.4, -0.2) is 24.0 Å². The van der Waals surface area contributed by atoms with Crippen molar-refractivity contribution < 1.29 is 4.79 Å². The molecule has 1 N–H and O–H groups in total. The first kappa shape index (κ1) is 12.2. The predicted molar refractivity (Wildman–Crippen MR) is 78.1 cm³/mol. The summed E-state index contributed by atoms with van der Waals surface area (Å²) in [6, 6.07) is 10.3. The molecule has 20 heavy (non-hydrogen) atoms. The first-order chi connectivity index (χ1) is 9.81. The Morgan fingerprint density at radius 1 is 1.10 bits per heavy atom. The van der Waals surface area contributed by atoms with E-state index in [9.17, 15) is 4.79 Å².